The fourth-order valence-corrected chi connectivity index (χ4v) is 2.96. The molecular weight excluding hydrogens is 312 g/mol. The Labute approximate surface area is 138 Å². The molecule has 0 radical (unpaired) electrons. The van der Waals surface area contributed by atoms with Gasteiger partial charge < -0.3 is 10.2 Å². The van der Waals surface area contributed by atoms with E-state index in [0.29, 0.717) is 11.1 Å². The number of aromatic nitrogens is 4. The molecule has 1 fully saturated rings. The minimum atomic E-state index is 0.340. The highest BCUT2D eigenvalue weighted by Crippen LogP contribution is 2.23. The Morgan fingerprint density at radius 2 is 2.13 bits per heavy atom. The molecule has 1 saturated heterocycles. The first-order chi connectivity index (χ1) is 11.3. The number of benzene rings is 1. The van der Waals surface area contributed by atoms with Crippen molar-refractivity contribution >= 4 is 34.3 Å². The Bertz CT molecular complexity index is 825. The first kappa shape index (κ1) is 14.1. The second-order valence-electron chi connectivity index (χ2n) is 5.53. The summed E-state index contributed by atoms with van der Waals surface area (Å²) in [5.74, 6) is 1.75. The van der Waals surface area contributed by atoms with Crippen LogP contribution in [0.5, 0.6) is 0 Å². The summed E-state index contributed by atoms with van der Waals surface area (Å²) in [5.41, 5.74) is 1.68. The third-order valence-electron chi connectivity index (χ3n) is 3.94. The van der Waals surface area contributed by atoms with Gasteiger partial charge in [0.2, 0.25) is 0 Å². The number of nitrogens with zero attached hydrogens (tertiary/aromatic N) is 5. The lowest BCUT2D eigenvalue weighted by Gasteiger charge is -2.18. The van der Waals surface area contributed by atoms with Crippen molar-refractivity contribution in [1.82, 2.24) is 19.9 Å². The van der Waals surface area contributed by atoms with Crippen molar-refractivity contribution in [1.29, 1.82) is 0 Å². The van der Waals surface area contributed by atoms with E-state index in [-0.39, 0.29) is 0 Å². The van der Waals surface area contributed by atoms with Crippen LogP contribution in [0.4, 0.5) is 11.6 Å². The van der Waals surface area contributed by atoms with E-state index in [9.17, 15) is 0 Å². The maximum absolute atomic E-state index is 5.98. The minimum absolute atomic E-state index is 0.340. The SMILES string of the molecule is Clc1ccc2nc(N3CCC(Nc4ccncn4)C3)cnc2c1. The van der Waals surface area contributed by atoms with Crippen LogP contribution in [0.3, 0.4) is 0 Å². The number of rotatable bonds is 3. The van der Waals surface area contributed by atoms with Gasteiger partial charge in [-0.25, -0.2) is 15.0 Å². The summed E-state index contributed by atoms with van der Waals surface area (Å²) in [6.45, 7) is 1.81. The minimum Gasteiger partial charge on any atom is -0.365 e. The Morgan fingerprint density at radius 3 is 3.00 bits per heavy atom. The van der Waals surface area contributed by atoms with Crippen molar-refractivity contribution in [3.05, 3.63) is 48.0 Å². The molecule has 1 aliphatic heterocycles. The van der Waals surface area contributed by atoms with Crippen LogP contribution in [0.25, 0.3) is 11.0 Å². The molecule has 1 N–H and O–H groups in total. The fraction of sp³-hybridized carbons (Fsp3) is 0.250. The maximum atomic E-state index is 5.98. The molecule has 116 valence electrons. The number of anilines is 2. The van der Waals surface area contributed by atoms with E-state index in [1.54, 1.807) is 12.5 Å². The van der Waals surface area contributed by atoms with E-state index in [0.717, 1.165) is 42.2 Å². The van der Waals surface area contributed by atoms with Gasteiger partial charge in [0.05, 0.1) is 17.2 Å². The number of nitrogens with one attached hydrogen (secondary N) is 1. The zero-order valence-electron chi connectivity index (χ0n) is 12.4. The van der Waals surface area contributed by atoms with Crippen LogP contribution >= 0.6 is 11.6 Å². The van der Waals surface area contributed by atoms with Gasteiger partial charge in [-0.3, -0.25) is 4.98 Å². The van der Waals surface area contributed by atoms with Crippen molar-refractivity contribution in [3.63, 3.8) is 0 Å². The lowest BCUT2D eigenvalue weighted by Crippen LogP contribution is -2.27. The number of halogens is 1. The normalized spacial score (nSPS) is 17.6. The second-order valence-corrected chi connectivity index (χ2v) is 5.97. The lowest BCUT2D eigenvalue weighted by molar-refractivity contribution is 0.798. The van der Waals surface area contributed by atoms with Gasteiger partial charge >= 0.3 is 0 Å². The van der Waals surface area contributed by atoms with Crippen LogP contribution in [-0.4, -0.2) is 39.1 Å². The number of hydrogen-bond donors (Lipinski definition) is 1. The van der Waals surface area contributed by atoms with Crippen LogP contribution in [0.2, 0.25) is 5.02 Å². The van der Waals surface area contributed by atoms with Gasteiger partial charge in [-0.05, 0) is 30.7 Å². The third-order valence-corrected chi connectivity index (χ3v) is 4.17. The first-order valence-corrected chi connectivity index (χ1v) is 7.85. The lowest BCUT2D eigenvalue weighted by atomic mass is 10.2. The van der Waals surface area contributed by atoms with Crippen LogP contribution in [0.1, 0.15) is 6.42 Å². The number of fused-ring (bicyclic) bond motifs is 1. The highest BCUT2D eigenvalue weighted by atomic mass is 35.5. The van der Waals surface area contributed by atoms with Crippen molar-refractivity contribution in [2.24, 2.45) is 0 Å². The molecule has 3 aromatic rings. The molecule has 1 aromatic carbocycles. The average Bonchev–Trinajstić information content (AvgIpc) is 3.04. The molecule has 7 heteroatoms. The Balaban J connectivity index is 1.50. The van der Waals surface area contributed by atoms with Crippen molar-refractivity contribution in [3.8, 4) is 0 Å². The summed E-state index contributed by atoms with van der Waals surface area (Å²) in [7, 11) is 0. The van der Waals surface area contributed by atoms with Crippen LogP contribution in [-0.2, 0) is 0 Å². The van der Waals surface area contributed by atoms with E-state index in [1.165, 1.54) is 0 Å². The van der Waals surface area contributed by atoms with E-state index >= 15 is 0 Å². The molecule has 1 atom stereocenters. The summed E-state index contributed by atoms with van der Waals surface area (Å²) in [5, 5.41) is 4.10. The molecule has 2 aromatic heterocycles. The van der Waals surface area contributed by atoms with Gasteiger partial charge in [0.15, 0.2) is 0 Å². The summed E-state index contributed by atoms with van der Waals surface area (Å²) < 4.78 is 0. The van der Waals surface area contributed by atoms with Gasteiger partial charge in [0.1, 0.15) is 18.0 Å². The van der Waals surface area contributed by atoms with Gasteiger partial charge in [0.25, 0.3) is 0 Å². The Morgan fingerprint density at radius 1 is 1.17 bits per heavy atom. The first-order valence-electron chi connectivity index (χ1n) is 7.48. The molecule has 0 saturated carbocycles. The Hall–Kier alpha value is -2.47. The van der Waals surface area contributed by atoms with E-state index in [2.05, 4.69) is 25.2 Å². The smallest absolute Gasteiger partial charge is 0.147 e. The van der Waals surface area contributed by atoms with Crippen molar-refractivity contribution in [2.75, 3.05) is 23.3 Å². The molecule has 3 heterocycles. The zero-order chi connectivity index (χ0) is 15.6. The van der Waals surface area contributed by atoms with E-state index in [1.807, 2.05) is 30.5 Å². The highest BCUT2D eigenvalue weighted by Gasteiger charge is 2.24. The van der Waals surface area contributed by atoms with E-state index in [4.69, 9.17) is 16.6 Å². The van der Waals surface area contributed by atoms with Gasteiger partial charge in [-0.1, -0.05) is 11.6 Å². The fourth-order valence-electron chi connectivity index (χ4n) is 2.80. The van der Waals surface area contributed by atoms with Gasteiger partial charge in [-0.15, -0.1) is 0 Å². The molecule has 1 aliphatic rings. The van der Waals surface area contributed by atoms with Crippen LogP contribution in [0, 0.1) is 0 Å². The molecule has 0 aliphatic carbocycles. The second kappa shape index (κ2) is 5.96. The molecule has 6 nitrogen and oxygen atoms in total. The number of hydrogen-bond acceptors (Lipinski definition) is 6. The largest absolute Gasteiger partial charge is 0.365 e. The molecule has 0 bridgehead atoms. The zero-order valence-corrected chi connectivity index (χ0v) is 13.1. The summed E-state index contributed by atoms with van der Waals surface area (Å²) in [4.78, 5) is 19.5. The standard InChI is InChI=1S/C16H15ClN6/c17-11-1-2-13-14(7-11)19-8-16(22-13)23-6-4-12(9-23)21-15-3-5-18-10-20-15/h1-3,5,7-8,10,12H,4,6,9H2,(H,18,20,21). The third kappa shape index (κ3) is 3.03. The Kier molecular flexibility index (Phi) is 3.67. The monoisotopic (exact) mass is 326 g/mol. The molecule has 0 amide bonds. The van der Waals surface area contributed by atoms with Crippen molar-refractivity contribution in [2.45, 2.75) is 12.5 Å². The maximum Gasteiger partial charge on any atom is 0.147 e. The molecule has 4 rings (SSSR count). The van der Waals surface area contributed by atoms with Crippen LogP contribution in [0.15, 0.2) is 43.0 Å². The summed E-state index contributed by atoms with van der Waals surface area (Å²) >= 11 is 5.98. The molecule has 0 spiro atoms. The molecule has 1 unspecified atom stereocenters. The van der Waals surface area contributed by atoms with Crippen LogP contribution < -0.4 is 10.2 Å². The molecule has 23 heavy (non-hydrogen) atoms. The topological polar surface area (TPSA) is 66.8 Å². The predicted molar refractivity (Wildman–Crippen MR) is 90.8 cm³/mol. The average molecular weight is 327 g/mol. The summed E-state index contributed by atoms with van der Waals surface area (Å²) in [6.07, 6.45) is 6.13. The van der Waals surface area contributed by atoms with Gasteiger partial charge in [0, 0.05) is 30.4 Å². The van der Waals surface area contributed by atoms with Gasteiger partial charge in [-0.2, -0.15) is 0 Å². The highest BCUT2D eigenvalue weighted by molar-refractivity contribution is 6.31. The quantitative estimate of drug-likeness (QED) is 0.798. The predicted octanol–water partition coefficient (Wildman–Crippen LogP) is 2.76. The summed E-state index contributed by atoms with van der Waals surface area (Å²) in [6, 6.07) is 7.79. The van der Waals surface area contributed by atoms with Crippen molar-refractivity contribution < 1.29 is 0 Å². The van der Waals surface area contributed by atoms with E-state index < -0.39 is 0 Å². The molecular formula is C16H15ClN6.